The second-order valence-electron chi connectivity index (χ2n) is 6.77. The van der Waals surface area contributed by atoms with Gasteiger partial charge in [0.05, 0.1) is 0 Å². The van der Waals surface area contributed by atoms with Crippen molar-refractivity contribution in [1.82, 2.24) is 0 Å². The van der Waals surface area contributed by atoms with Gasteiger partial charge in [0.2, 0.25) is 11.8 Å². The molecule has 5 nitrogen and oxygen atoms in total. The van der Waals surface area contributed by atoms with Crippen LogP contribution in [-0.4, -0.2) is 29.1 Å². The lowest BCUT2D eigenvalue weighted by Gasteiger charge is -2.16. The van der Waals surface area contributed by atoms with Crippen molar-refractivity contribution >= 4 is 52.9 Å². The monoisotopic (exact) mass is 406 g/mol. The third kappa shape index (κ3) is 5.93. The van der Waals surface area contributed by atoms with E-state index in [2.05, 4.69) is 10.6 Å². The Morgan fingerprint density at radius 1 is 0.759 bits per heavy atom. The summed E-state index contributed by atoms with van der Waals surface area (Å²) in [5, 5.41) is 5.46. The Morgan fingerprint density at radius 2 is 1.14 bits per heavy atom. The van der Waals surface area contributed by atoms with E-state index in [1.807, 2.05) is 60.7 Å². The van der Waals surface area contributed by atoms with Gasteiger partial charge in [-0.05, 0) is 47.5 Å². The van der Waals surface area contributed by atoms with Crippen molar-refractivity contribution in [2.24, 2.45) is 0 Å². The Morgan fingerprint density at radius 3 is 1.48 bits per heavy atom. The van der Waals surface area contributed by atoms with Crippen LogP contribution in [0.2, 0.25) is 0 Å². The van der Waals surface area contributed by atoms with Gasteiger partial charge in [0.1, 0.15) is 0 Å². The lowest BCUT2D eigenvalue weighted by molar-refractivity contribution is -0.115. The second kappa shape index (κ2) is 9.39. The molecule has 2 aromatic rings. The molecule has 1 fully saturated rings. The Bertz CT molecular complexity index is 910. The van der Waals surface area contributed by atoms with Crippen LogP contribution < -0.4 is 10.6 Å². The predicted octanol–water partition coefficient (Wildman–Crippen LogP) is 4.39. The number of ketones is 1. The molecule has 0 spiro atoms. The lowest BCUT2D eigenvalue weighted by atomic mass is 10.0. The zero-order valence-electron chi connectivity index (χ0n) is 16.3. The second-order valence-corrected chi connectivity index (χ2v) is 7.75. The molecule has 1 saturated heterocycles. The van der Waals surface area contributed by atoms with Crippen molar-refractivity contribution in [2.45, 2.75) is 13.8 Å². The Balaban J connectivity index is 1.75. The van der Waals surface area contributed by atoms with Crippen molar-refractivity contribution < 1.29 is 14.4 Å². The number of rotatable bonds is 4. The van der Waals surface area contributed by atoms with Gasteiger partial charge in [-0.25, -0.2) is 0 Å². The van der Waals surface area contributed by atoms with E-state index >= 15 is 0 Å². The maximum absolute atomic E-state index is 12.9. The number of hydrogen-bond acceptors (Lipinski definition) is 4. The number of hydrogen-bond donors (Lipinski definition) is 2. The number of benzene rings is 2. The van der Waals surface area contributed by atoms with Crippen LogP contribution in [0.1, 0.15) is 25.0 Å². The average Bonchev–Trinajstić information content (AvgIpc) is 2.67. The minimum absolute atomic E-state index is 0.0561. The van der Waals surface area contributed by atoms with E-state index in [1.165, 1.54) is 13.8 Å². The van der Waals surface area contributed by atoms with Gasteiger partial charge in [0.25, 0.3) is 0 Å². The molecule has 0 radical (unpaired) electrons. The molecule has 0 aromatic heterocycles. The molecule has 2 aromatic carbocycles. The van der Waals surface area contributed by atoms with E-state index in [0.717, 1.165) is 33.6 Å². The normalized spacial score (nSPS) is 16.7. The van der Waals surface area contributed by atoms with Gasteiger partial charge < -0.3 is 10.6 Å². The first-order chi connectivity index (χ1) is 13.9. The third-order valence-electron chi connectivity index (χ3n) is 4.24. The van der Waals surface area contributed by atoms with Crippen molar-refractivity contribution in [1.29, 1.82) is 0 Å². The van der Waals surface area contributed by atoms with Crippen molar-refractivity contribution in [3.8, 4) is 0 Å². The standard InChI is InChI=1S/C23H22N2O3S/c1-15(26)24-21-7-3-17(4-8-21)11-19-13-29-14-20(23(19)28)12-18-5-9-22(10-6-18)25-16(2)27/h3-12H,13-14H2,1-2H3,(H,24,26)(H,25,27)/b19-11+,20-12+. The number of amides is 2. The Kier molecular flexibility index (Phi) is 6.67. The van der Waals surface area contributed by atoms with E-state index in [9.17, 15) is 14.4 Å². The van der Waals surface area contributed by atoms with E-state index in [-0.39, 0.29) is 17.6 Å². The minimum Gasteiger partial charge on any atom is -0.326 e. The molecule has 1 aliphatic heterocycles. The molecule has 3 rings (SSSR count). The molecule has 1 aliphatic rings. The number of thioether (sulfide) groups is 1. The van der Waals surface area contributed by atoms with Gasteiger partial charge in [-0.1, -0.05) is 24.3 Å². The maximum atomic E-state index is 12.9. The molecule has 0 saturated carbocycles. The summed E-state index contributed by atoms with van der Waals surface area (Å²) in [6.07, 6.45) is 3.81. The summed E-state index contributed by atoms with van der Waals surface area (Å²) in [5.41, 5.74) is 4.82. The van der Waals surface area contributed by atoms with E-state index in [0.29, 0.717) is 11.5 Å². The predicted molar refractivity (Wildman–Crippen MR) is 120 cm³/mol. The lowest BCUT2D eigenvalue weighted by Crippen LogP contribution is -2.16. The van der Waals surface area contributed by atoms with Crippen molar-refractivity contribution in [3.63, 3.8) is 0 Å². The largest absolute Gasteiger partial charge is 0.326 e. The highest BCUT2D eigenvalue weighted by atomic mass is 32.2. The first-order valence-electron chi connectivity index (χ1n) is 9.19. The number of nitrogens with one attached hydrogen (secondary N) is 2. The first kappa shape index (κ1) is 20.6. The Labute approximate surface area is 174 Å². The zero-order valence-corrected chi connectivity index (χ0v) is 17.1. The molecule has 0 bridgehead atoms. The molecular weight excluding hydrogens is 384 g/mol. The summed E-state index contributed by atoms with van der Waals surface area (Å²) < 4.78 is 0. The molecule has 6 heteroatoms. The van der Waals surface area contributed by atoms with Crippen LogP contribution in [0.15, 0.2) is 59.7 Å². The van der Waals surface area contributed by atoms with Gasteiger partial charge in [0, 0.05) is 47.9 Å². The molecule has 29 heavy (non-hydrogen) atoms. The van der Waals surface area contributed by atoms with E-state index in [4.69, 9.17) is 0 Å². The summed E-state index contributed by atoms with van der Waals surface area (Å²) in [6, 6.07) is 14.8. The van der Waals surface area contributed by atoms with Crippen LogP contribution in [0, 0.1) is 0 Å². The molecule has 0 aliphatic carbocycles. The number of carbonyl (C=O) groups excluding carboxylic acids is 3. The summed E-state index contributed by atoms with van der Waals surface area (Å²) in [5.74, 6) is 1.17. The molecule has 2 amide bonds. The first-order valence-corrected chi connectivity index (χ1v) is 10.3. The van der Waals surface area contributed by atoms with Crippen molar-refractivity contribution in [3.05, 3.63) is 70.8 Å². The maximum Gasteiger partial charge on any atom is 0.221 e. The highest BCUT2D eigenvalue weighted by Gasteiger charge is 2.20. The summed E-state index contributed by atoms with van der Waals surface area (Å²) in [7, 11) is 0. The van der Waals surface area contributed by atoms with Crippen molar-refractivity contribution in [2.75, 3.05) is 22.1 Å². The molecule has 2 N–H and O–H groups in total. The van der Waals surface area contributed by atoms with Gasteiger partial charge in [-0.15, -0.1) is 0 Å². The SMILES string of the molecule is CC(=O)Nc1ccc(/C=C2\CSC/C(=C\c3ccc(NC(C)=O)cc3)C2=O)cc1. The van der Waals surface area contributed by atoms with Gasteiger partial charge >= 0.3 is 0 Å². The van der Waals surface area contributed by atoms with Crippen LogP contribution in [0.4, 0.5) is 11.4 Å². The zero-order chi connectivity index (χ0) is 20.8. The number of carbonyl (C=O) groups is 3. The van der Waals surface area contributed by atoms with Gasteiger partial charge in [0.15, 0.2) is 5.78 Å². The van der Waals surface area contributed by atoms with Crippen LogP contribution in [0.3, 0.4) is 0 Å². The minimum atomic E-state index is -0.116. The molecule has 148 valence electrons. The highest BCUT2D eigenvalue weighted by molar-refractivity contribution is 7.99. The smallest absolute Gasteiger partial charge is 0.221 e. The van der Waals surface area contributed by atoms with Gasteiger partial charge in [-0.3, -0.25) is 14.4 Å². The number of Topliss-reactive ketones (excluding diaryl/α,β-unsaturated/α-hetero) is 1. The fourth-order valence-corrected chi connectivity index (χ4v) is 3.93. The Hall–Kier alpha value is -3.12. The molecule has 0 atom stereocenters. The fraction of sp³-hybridized carbons (Fsp3) is 0.174. The third-order valence-corrected chi connectivity index (χ3v) is 5.27. The topological polar surface area (TPSA) is 75.3 Å². The summed E-state index contributed by atoms with van der Waals surface area (Å²) >= 11 is 1.71. The van der Waals surface area contributed by atoms with E-state index in [1.54, 1.807) is 11.8 Å². The number of anilines is 2. The molecular formula is C23H22N2O3S. The average molecular weight is 407 g/mol. The van der Waals surface area contributed by atoms with Crippen LogP contribution in [0.25, 0.3) is 12.2 Å². The fourth-order valence-electron chi connectivity index (χ4n) is 2.96. The highest BCUT2D eigenvalue weighted by Crippen LogP contribution is 2.27. The molecule has 1 heterocycles. The van der Waals surface area contributed by atoms with E-state index < -0.39 is 0 Å². The molecule has 0 unspecified atom stereocenters. The van der Waals surface area contributed by atoms with Crippen LogP contribution in [0.5, 0.6) is 0 Å². The van der Waals surface area contributed by atoms with Crippen LogP contribution >= 0.6 is 11.8 Å². The summed E-state index contributed by atoms with van der Waals surface area (Å²) in [6.45, 7) is 2.93. The van der Waals surface area contributed by atoms with Gasteiger partial charge in [-0.2, -0.15) is 11.8 Å². The summed E-state index contributed by atoms with van der Waals surface area (Å²) in [4.78, 5) is 35.1. The quantitative estimate of drug-likeness (QED) is 0.739. The van der Waals surface area contributed by atoms with Crippen LogP contribution in [-0.2, 0) is 14.4 Å².